The lowest BCUT2D eigenvalue weighted by Gasteiger charge is -2.37. The lowest BCUT2D eigenvalue weighted by atomic mass is 9.85. The van der Waals surface area contributed by atoms with Gasteiger partial charge in [-0.25, -0.2) is 8.78 Å². The normalized spacial score (nSPS) is 28.5. The van der Waals surface area contributed by atoms with E-state index in [1.165, 1.54) is 0 Å². The Labute approximate surface area is 128 Å². The first-order chi connectivity index (χ1) is 10.5. The van der Waals surface area contributed by atoms with Crippen LogP contribution in [0.25, 0.3) is 0 Å². The lowest BCUT2D eigenvalue weighted by molar-refractivity contribution is -0.144. The van der Waals surface area contributed by atoms with Crippen molar-refractivity contribution in [2.45, 2.75) is 51.0 Å². The van der Waals surface area contributed by atoms with Gasteiger partial charge in [0.15, 0.2) is 0 Å². The molecule has 0 aromatic carbocycles. The van der Waals surface area contributed by atoms with E-state index in [0.29, 0.717) is 31.8 Å². The topological polar surface area (TPSA) is 51.0 Å². The zero-order valence-corrected chi connectivity index (χ0v) is 12.6. The van der Waals surface area contributed by atoms with Gasteiger partial charge < -0.3 is 4.90 Å². The van der Waals surface area contributed by atoms with Crippen LogP contribution < -0.4 is 0 Å². The Kier molecular flexibility index (Phi) is 4.40. The zero-order valence-electron chi connectivity index (χ0n) is 12.6. The van der Waals surface area contributed by atoms with E-state index in [2.05, 4.69) is 10.3 Å². The molecular weight excluding hydrogens is 290 g/mol. The van der Waals surface area contributed by atoms with E-state index >= 15 is 0 Å². The first-order valence-electron chi connectivity index (χ1n) is 8.04. The highest BCUT2D eigenvalue weighted by molar-refractivity contribution is 5.79. The average Bonchev–Trinajstić information content (AvgIpc) is 2.98. The van der Waals surface area contributed by atoms with Crippen molar-refractivity contribution in [1.29, 1.82) is 0 Å². The molecule has 122 valence electrons. The summed E-state index contributed by atoms with van der Waals surface area (Å²) in [5.41, 5.74) is 0. The number of nitrogens with zero attached hydrogens (tertiary/aromatic N) is 4. The van der Waals surface area contributed by atoms with Crippen molar-refractivity contribution >= 4 is 5.91 Å². The molecule has 1 saturated heterocycles. The minimum absolute atomic E-state index is 0.0777. The van der Waals surface area contributed by atoms with Gasteiger partial charge in [0.05, 0.1) is 6.20 Å². The third kappa shape index (κ3) is 3.62. The van der Waals surface area contributed by atoms with E-state index in [9.17, 15) is 13.6 Å². The van der Waals surface area contributed by atoms with E-state index in [1.54, 1.807) is 15.8 Å². The van der Waals surface area contributed by atoms with Crippen LogP contribution in [0, 0.1) is 11.8 Å². The fraction of sp³-hybridized carbons (Fsp3) is 0.800. The monoisotopic (exact) mass is 312 g/mol. The summed E-state index contributed by atoms with van der Waals surface area (Å²) in [6.07, 6.45) is 6.08. The Morgan fingerprint density at radius 3 is 2.91 bits per heavy atom. The summed E-state index contributed by atoms with van der Waals surface area (Å²) in [7, 11) is 0. The zero-order chi connectivity index (χ0) is 15.6. The summed E-state index contributed by atoms with van der Waals surface area (Å²) in [6, 6.07) is 0. The van der Waals surface area contributed by atoms with Crippen LogP contribution >= 0.6 is 0 Å². The summed E-state index contributed by atoms with van der Waals surface area (Å²) in [4.78, 5) is 14.3. The van der Waals surface area contributed by atoms with Gasteiger partial charge in [0, 0.05) is 44.6 Å². The van der Waals surface area contributed by atoms with Crippen molar-refractivity contribution < 1.29 is 13.6 Å². The number of alkyl halides is 2. The van der Waals surface area contributed by atoms with Crippen molar-refractivity contribution in [3.8, 4) is 0 Å². The van der Waals surface area contributed by atoms with Crippen LogP contribution in [-0.4, -0.2) is 44.8 Å². The maximum atomic E-state index is 13.5. The standard InChI is InChI=1S/C15H22F2N4O/c16-15(17)5-1-4-13(9-15)14(22)20-7-2-3-12(10-20)11-21-8-6-18-19-21/h6,8,12-13H,1-5,7,9-11H2/t12-,13+/m1/s1. The number of carbonyl (C=O) groups excluding carboxylic acids is 1. The van der Waals surface area contributed by atoms with Gasteiger partial charge in [0.25, 0.3) is 0 Å². The van der Waals surface area contributed by atoms with E-state index in [1.807, 2.05) is 6.20 Å². The molecule has 7 heteroatoms. The quantitative estimate of drug-likeness (QED) is 0.861. The van der Waals surface area contributed by atoms with Gasteiger partial charge in [0.1, 0.15) is 0 Å². The highest BCUT2D eigenvalue weighted by Crippen LogP contribution is 2.37. The second-order valence-corrected chi connectivity index (χ2v) is 6.57. The third-order valence-corrected chi connectivity index (χ3v) is 4.74. The molecule has 1 saturated carbocycles. The molecule has 0 spiro atoms. The SMILES string of the molecule is O=C([C@H]1CCCC(F)(F)C1)N1CCC[C@@H](Cn2ccnn2)C1. The Morgan fingerprint density at radius 2 is 2.18 bits per heavy atom. The van der Waals surface area contributed by atoms with E-state index in [0.717, 1.165) is 19.4 Å². The predicted molar refractivity (Wildman–Crippen MR) is 76.2 cm³/mol. The Morgan fingerprint density at radius 1 is 1.32 bits per heavy atom. The largest absolute Gasteiger partial charge is 0.342 e. The summed E-state index contributed by atoms with van der Waals surface area (Å²) < 4.78 is 28.8. The van der Waals surface area contributed by atoms with Crippen LogP contribution in [0.1, 0.15) is 38.5 Å². The molecule has 0 unspecified atom stereocenters. The molecule has 2 heterocycles. The number of likely N-dealkylation sites (tertiary alicyclic amines) is 1. The van der Waals surface area contributed by atoms with Gasteiger partial charge in [-0.2, -0.15) is 0 Å². The van der Waals surface area contributed by atoms with Crippen LogP contribution in [0.5, 0.6) is 0 Å². The second-order valence-electron chi connectivity index (χ2n) is 6.57. The third-order valence-electron chi connectivity index (χ3n) is 4.74. The van der Waals surface area contributed by atoms with Crippen molar-refractivity contribution in [2.24, 2.45) is 11.8 Å². The molecule has 1 aromatic heterocycles. The Hall–Kier alpha value is -1.53. The summed E-state index contributed by atoms with van der Waals surface area (Å²) in [5, 5.41) is 7.73. The first kappa shape index (κ1) is 15.4. The van der Waals surface area contributed by atoms with E-state index < -0.39 is 11.8 Å². The molecule has 0 bridgehead atoms. The molecule has 2 aliphatic rings. The second kappa shape index (κ2) is 6.30. The number of piperidine rings is 1. The van der Waals surface area contributed by atoms with Crippen molar-refractivity contribution in [2.75, 3.05) is 13.1 Å². The van der Waals surface area contributed by atoms with Gasteiger partial charge >= 0.3 is 0 Å². The van der Waals surface area contributed by atoms with Gasteiger partial charge in [-0.3, -0.25) is 9.48 Å². The molecule has 22 heavy (non-hydrogen) atoms. The van der Waals surface area contributed by atoms with Gasteiger partial charge in [0.2, 0.25) is 11.8 Å². The highest BCUT2D eigenvalue weighted by atomic mass is 19.3. The molecule has 2 atom stereocenters. The van der Waals surface area contributed by atoms with Crippen LogP contribution in [-0.2, 0) is 11.3 Å². The van der Waals surface area contributed by atoms with Crippen LogP contribution in [0.3, 0.4) is 0 Å². The molecule has 1 aromatic rings. The molecule has 0 radical (unpaired) electrons. The van der Waals surface area contributed by atoms with Gasteiger partial charge in [-0.15, -0.1) is 5.10 Å². The van der Waals surface area contributed by atoms with Crippen LogP contribution in [0.4, 0.5) is 8.78 Å². The summed E-state index contributed by atoms with van der Waals surface area (Å²) in [5.74, 6) is -2.94. The maximum Gasteiger partial charge on any atom is 0.248 e. The lowest BCUT2D eigenvalue weighted by Crippen LogP contribution is -2.46. The smallest absolute Gasteiger partial charge is 0.248 e. The predicted octanol–water partition coefficient (Wildman–Crippen LogP) is 2.34. The fourth-order valence-corrected chi connectivity index (χ4v) is 3.65. The number of rotatable bonds is 3. The maximum absolute atomic E-state index is 13.5. The molecule has 1 aliphatic heterocycles. The van der Waals surface area contributed by atoms with E-state index in [4.69, 9.17) is 0 Å². The van der Waals surface area contributed by atoms with Crippen LogP contribution in [0.15, 0.2) is 12.4 Å². The number of amides is 1. The van der Waals surface area contributed by atoms with Crippen molar-refractivity contribution in [3.63, 3.8) is 0 Å². The van der Waals surface area contributed by atoms with E-state index in [-0.39, 0.29) is 18.7 Å². The molecule has 1 aliphatic carbocycles. The van der Waals surface area contributed by atoms with Crippen molar-refractivity contribution in [1.82, 2.24) is 19.9 Å². The highest BCUT2D eigenvalue weighted by Gasteiger charge is 2.41. The molecule has 2 fully saturated rings. The molecule has 3 rings (SSSR count). The number of hydrogen-bond donors (Lipinski definition) is 0. The Balaban J connectivity index is 1.58. The number of hydrogen-bond acceptors (Lipinski definition) is 3. The molecular formula is C15H22F2N4O. The summed E-state index contributed by atoms with van der Waals surface area (Å²) in [6.45, 7) is 2.06. The van der Waals surface area contributed by atoms with Crippen molar-refractivity contribution in [3.05, 3.63) is 12.4 Å². The number of halogens is 2. The average molecular weight is 312 g/mol. The fourth-order valence-electron chi connectivity index (χ4n) is 3.65. The molecule has 1 amide bonds. The minimum atomic E-state index is -2.67. The van der Waals surface area contributed by atoms with Crippen LogP contribution in [0.2, 0.25) is 0 Å². The van der Waals surface area contributed by atoms with Gasteiger partial charge in [-0.05, 0) is 31.6 Å². The number of aromatic nitrogens is 3. The first-order valence-corrected chi connectivity index (χ1v) is 8.04. The Bertz CT molecular complexity index is 506. The summed E-state index contributed by atoms with van der Waals surface area (Å²) >= 11 is 0. The van der Waals surface area contributed by atoms with Gasteiger partial charge in [-0.1, -0.05) is 5.21 Å². The minimum Gasteiger partial charge on any atom is -0.342 e. The number of carbonyl (C=O) groups is 1. The molecule has 5 nitrogen and oxygen atoms in total. The molecule has 0 N–H and O–H groups in total.